The summed E-state index contributed by atoms with van der Waals surface area (Å²) in [5, 5.41) is 2.83. The molecule has 0 bridgehead atoms. The molecule has 0 unspecified atom stereocenters. The van der Waals surface area contributed by atoms with E-state index < -0.39 is 12.0 Å². The van der Waals surface area contributed by atoms with Crippen molar-refractivity contribution in [3.05, 3.63) is 0 Å². The summed E-state index contributed by atoms with van der Waals surface area (Å²) in [7, 11) is 0. The molecule has 68 valence electrons. The number of rotatable bonds is 2. The highest BCUT2D eigenvalue weighted by Gasteiger charge is 2.29. The van der Waals surface area contributed by atoms with E-state index in [2.05, 4.69) is 5.32 Å². The van der Waals surface area contributed by atoms with Gasteiger partial charge >= 0.3 is 5.97 Å². The molecular weight excluding hydrogens is 158 g/mol. The molecule has 1 atom stereocenters. The topological polar surface area (TPSA) is 55.4 Å². The van der Waals surface area contributed by atoms with Crippen LogP contribution in [-0.4, -0.2) is 30.9 Å². The Balaban J connectivity index is 2.48. The van der Waals surface area contributed by atoms with Gasteiger partial charge in [-0.25, -0.2) is 4.79 Å². The maximum absolute atomic E-state index is 11.1. The molecule has 0 radical (unpaired) electrons. The smallest absolute Gasteiger partial charge is 0.330 e. The van der Waals surface area contributed by atoms with E-state index in [0.717, 1.165) is 13.0 Å². The molecule has 0 aromatic heterocycles. The standard InChI is InChI=1S/C8H13NO3/c1-2-12-8(11)7-6(10)4-3-5-9-7/h7,9H,2-5H2,1H3/t7-/m1/s1. The first-order chi connectivity index (χ1) is 5.75. The summed E-state index contributed by atoms with van der Waals surface area (Å²) in [6.07, 6.45) is 1.30. The van der Waals surface area contributed by atoms with Gasteiger partial charge in [-0.15, -0.1) is 0 Å². The third-order valence-corrected chi connectivity index (χ3v) is 1.79. The van der Waals surface area contributed by atoms with Crippen molar-refractivity contribution in [2.75, 3.05) is 13.2 Å². The number of ether oxygens (including phenoxy) is 1. The van der Waals surface area contributed by atoms with Crippen LogP contribution < -0.4 is 5.32 Å². The van der Waals surface area contributed by atoms with E-state index >= 15 is 0 Å². The minimum atomic E-state index is -0.710. The lowest BCUT2D eigenvalue weighted by Gasteiger charge is -2.20. The third kappa shape index (κ3) is 2.04. The maximum atomic E-state index is 11.1. The van der Waals surface area contributed by atoms with Crippen LogP contribution in [0.2, 0.25) is 0 Å². The number of carbonyl (C=O) groups excluding carboxylic acids is 2. The zero-order chi connectivity index (χ0) is 8.97. The molecule has 12 heavy (non-hydrogen) atoms. The van der Waals surface area contributed by atoms with Crippen LogP contribution in [0.4, 0.5) is 0 Å². The van der Waals surface area contributed by atoms with Crippen LogP contribution in [0, 0.1) is 0 Å². The number of hydrogen-bond acceptors (Lipinski definition) is 4. The monoisotopic (exact) mass is 171 g/mol. The average Bonchev–Trinajstić information content (AvgIpc) is 2.05. The number of hydrogen-bond donors (Lipinski definition) is 1. The van der Waals surface area contributed by atoms with Crippen molar-refractivity contribution < 1.29 is 14.3 Å². The van der Waals surface area contributed by atoms with Gasteiger partial charge in [-0.05, 0) is 19.9 Å². The molecular formula is C8H13NO3. The Morgan fingerprint density at radius 2 is 2.50 bits per heavy atom. The van der Waals surface area contributed by atoms with Gasteiger partial charge in [-0.2, -0.15) is 0 Å². The van der Waals surface area contributed by atoms with Crippen LogP contribution in [0.5, 0.6) is 0 Å². The zero-order valence-electron chi connectivity index (χ0n) is 7.13. The maximum Gasteiger partial charge on any atom is 0.330 e. The van der Waals surface area contributed by atoms with Crippen LogP contribution in [0.1, 0.15) is 19.8 Å². The summed E-state index contributed by atoms with van der Waals surface area (Å²) < 4.78 is 4.73. The Hall–Kier alpha value is -0.900. The summed E-state index contributed by atoms with van der Waals surface area (Å²) in [4.78, 5) is 22.3. The van der Waals surface area contributed by atoms with Gasteiger partial charge in [0, 0.05) is 6.42 Å². The van der Waals surface area contributed by atoms with Crippen LogP contribution in [0.25, 0.3) is 0 Å². The Kier molecular flexibility index (Phi) is 3.22. The summed E-state index contributed by atoms with van der Waals surface area (Å²) in [5.41, 5.74) is 0. The van der Waals surface area contributed by atoms with Crippen LogP contribution in [0.3, 0.4) is 0 Å². The molecule has 4 heteroatoms. The van der Waals surface area contributed by atoms with E-state index in [1.54, 1.807) is 6.92 Å². The van der Waals surface area contributed by atoms with Crippen LogP contribution in [0.15, 0.2) is 0 Å². The van der Waals surface area contributed by atoms with E-state index in [1.807, 2.05) is 0 Å². The minimum Gasteiger partial charge on any atom is -0.464 e. The lowest BCUT2D eigenvalue weighted by Crippen LogP contribution is -2.48. The number of ketones is 1. The van der Waals surface area contributed by atoms with E-state index in [0.29, 0.717) is 13.0 Å². The summed E-state index contributed by atoms with van der Waals surface area (Å²) in [6, 6.07) is -0.710. The molecule has 1 N–H and O–H groups in total. The second-order valence-electron chi connectivity index (χ2n) is 2.71. The lowest BCUT2D eigenvalue weighted by molar-refractivity contribution is -0.149. The van der Waals surface area contributed by atoms with Crippen molar-refractivity contribution >= 4 is 11.8 Å². The average molecular weight is 171 g/mol. The van der Waals surface area contributed by atoms with Gasteiger partial charge in [0.25, 0.3) is 0 Å². The highest BCUT2D eigenvalue weighted by atomic mass is 16.5. The molecule has 0 aliphatic carbocycles. The molecule has 0 aromatic carbocycles. The van der Waals surface area contributed by atoms with Crippen molar-refractivity contribution in [1.29, 1.82) is 0 Å². The first-order valence-electron chi connectivity index (χ1n) is 4.18. The van der Waals surface area contributed by atoms with Crippen LogP contribution >= 0.6 is 0 Å². The van der Waals surface area contributed by atoms with Crippen molar-refractivity contribution in [2.45, 2.75) is 25.8 Å². The quantitative estimate of drug-likeness (QED) is 0.464. The number of carbonyl (C=O) groups is 2. The molecule has 1 fully saturated rings. The Morgan fingerprint density at radius 3 is 3.08 bits per heavy atom. The molecule has 1 heterocycles. The van der Waals surface area contributed by atoms with Crippen molar-refractivity contribution in [1.82, 2.24) is 5.32 Å². The highest BCUT2D eigenvalue weighted by Crippen LogP contribution is 2.04. The Bertz CT molecular complexity index is 191. The fourth-order valence-corrected chi connectivity index (χ4v) is 1.21. The van der Waals surface area contributed by atoms with Crippen molar-refractivity contribution in [3.8, 4) is 0 Å². The lowest BCUT2D eigenvalue weighted by atomic mass is 10.0. The number of esters is 1. The molecule has 0 aromatic rings. The first-order valence-corrected chi connectivity index (χ1v) is 4.18. The van der Waals surface area contributed by atoms with E-state index in [9.17, 15) is 9.59 Å². The van der Waals surface area contributed by atoms with Gasteiger partial charge in [0.15, 0.2) is 11.8 Å². The van der Waals surface area contributed by atoms with E-state index in [4.69, 9.17) is 4.74 Å². The van der Waals surface area contributed by atoms with Gasteiger partial charge < -0.3 is 4.74 Å². The molecule has 1 aliphatic heterocycles. The first kappa shape index (κ1) is 9.19. The van der Waals surface area contributed by atoms with Crippen LogP contribution in [-0.2, 0) is 14.3 Å². The predicted octanol–water partition coefficient (Wildman–Crippen LogP) is -0.129. The Morgan fingerprint density at radius 1 is 1.75 bits per heavy atom. The molecule has 4 nitrogen and oxygen atoms in total. The fourth-order valence-electron chi connectivity index (χ4n) is 1.21. The second-order valence-corrected chi connectivity index (χ2v) is 2.71. The molecule has 1 rings (SSSR count). The van der Waals surface area contributed by atoms with Gasteiger partial charge in [-0.3, -0.25) is 10.1 Å². The highest BCUT2D eigenvalue weighted by molar-refractivity contribution is 6.03. The predicted molar refractivity (Wildman–Crippen MR) is 42.7 cm³/mol. The fraction of sp³-hybridized carbons (Fsp3) is 0.750. The SMILES string of the molecule is CCOC(=O)[C@@H]1NCCCC1=O. The minimum absolute atomic E-state index is 0.0558. The van der Waals surface area contributed by atoms with Gasteiger partial charge in [0.1, 0.15) is 0 Å². The van der Waals surface area contributed by atoms with E-state index in [1.165, 1.54) is 0 Å². The van der Waals surface area contributed by atoms with E-state index in [-0.39, 0.29) is 5.78 Å². The normalized spacial score (nSPS) is 23.8. The second kappa shape index (κ2) is 4.21. The summed E-state index contributed by atoms with van der Waals surface area (Å²) in [6.45, 7) is 2.77. The van der Waals surface area contributed by atoms with Crippen molar-refractivity contribution in [2.24, 2.45) is 0 Å². The largest absolute Gasteiger partial charge is 0.464 e. The van der Waals surface area contributed by atoms with Gasteiger partial charge in [-0.1, -0.05) is 0 Å². The summed E-state index contributed by atoms with van der Waals surface area (Å²) in [5.74, 6) is -0.498. The zero-order valence-corrected chi connectivity index (χ0v) is 7.13. The number of nitrogens with one attached hydrogen (secondary N) is 1. The summed E-state index contributed by atoms with van der Waals surface area (Å²) >= 11 is 0. The van der Waals surface area contributed by atoms with Crippen molar-refractivity contribution in [3.63, 3.8) is 0 Å². The number of piperidine rings is 1. The van der Waals surface area contributed by atoms with Gasteiger partial charge in [0.05, 0.1) is 6.61 Å². The molecule has 0 amide bonds. The Labute approximate surface area is 71.3 Å². The molecule has 0 saturated carbocycles. The molecule has 1 saturated heterocycles. The molecule has 1 aliphatic rings. The third-order valence-electron chi connectivity index (χ3n) is 1.79. The molecule has 0 spiro atoms. The number of Topliss-reactive ketones (excluding diaryl/α,β-unsaturated/α-hetero) is 1. The van der Waals surface area contributed by atoms with Gasteiger partial charge in [0.2, 0.25) is 0 Å².